The monoisotopic (exact) mass is 454 g/mol. The van der Waals surface area contributed by atoms with Crippen LogP contribution in [0.2, 0.25) is 0 Å². The van der Waals surface area contributed by atoms with Gasteiger partial charge in [-0.2, -0.15) is 0 Å². The Hall–Kier alpha value is -2.00. The summed E-state index contributed by atoms with van der Waals surface area (Å²) in [4.78, 5) is 51.1. The molecule has 1 heterocycles. The van der Waals surface area contributed by atoms with Crippen LogP contribution in [-0.4, -0.2) is 66.9 Å². The van der Waals surface area contributed by atoms with Gasteiger partial charge in [0.2, 0.25) is 5.78 Å². The van der Waals surface area contributed by atoms with Gasteiger partial charge in [-0.1, -0.05) is 52.9 Å². The van der Waals surface area contributed by atoms with Crippen LogP contribution in [0.5, 0.6) is 0 Å². The molecule has 0 radical (unpaired) electrons. The van der Waals surface area contributed by atoms with Crippen LogP contribution in [0.4, 0.5) is 4.79 Å². The normalized spacial score (nSPS) is 17.7. The molecule has 0 aromatic rings. The van der Waals surface area contributed by atoms with Crippen LogP contribution < -0.4 is 16.4 Å². The predicted molar refractivity (Wildman–Crippen MR) is 123 cm³/mol. The van der Waals surface area contributed by atoms with E-state index >= 15 is 0 Å². The number of hydrogen-bond acceptors (Lipinski definition) is 6. The van der Waals surface area contributed by atoms with Crippen molar-refractivity contribution in [1.82, 2.24) is 15.5 Å². The number of nitrogens with two attached hydrogens (primary N) is 1. The maximum absolute atomic E-state index is 12.8. The number of amides is 4. The second kappa shape index (κ2) is 14.9. The molecule has 9 heteroatoms. The molecule has 4 amide bonds. The minimum absolute atomic E-state index is 0.139. The molecule has 1 aliphatic carbocycles. The van der Waals surface area contributed by atoms with E-state index in [-0.39, 0.29) is 12.5 Å². The first-order valence-electron chi connectivity index (χ1n) is 12.0. The third kappa shape index (κ3) is 9.65. The zero-order chi connectivity index (χ0) is 24.0. The highest BCUT2D eigenvalue weighted by Crippen LogP contribution is 2.29. The summed E-state index contributed by atoms with van der Waals surface area (Å²) in [5, 5.41) is 5.09. The summed E-state index contributed by atoms with van der Waals surface area (Å²) >= 11 is 0. The molecule has 2 aliphatic rings. The molecule has 0 unspecified atom stereocenters. The number of unbranched alkanes of at least 4 members (excludes halogenated alkanes) is 2. The molecular weight excluding hydrogens is 412 g/mol. The van der Waals surface area contributed by atoms with Gasteiger partial charge in [-0.05, 0) is 31.7 Å². The van der Waals surface area contributed by atoms with Gasteiger partial charge in [0.15, 0.2) is 0 Å². The minimum atomic E-state index is -1.13. The fraction of sp³-hybridized carbons (Fsp3) is 0.826. The highest BCUT2D eigenvalue weighted by atomic mass is 16.5. The first-order valence-corrected chi connectivity index (χ1v) is 12.0. The summed E-state index contributed by atoms with van der Waals surface area (Å²) in [6.07, 6.45) is 6.07. The van der Waals surface area contributed by atoms with E-state index in [9.17, 15) is 19.2 Å². The van der Waals surface area contributed by atoms with Crippen molar-refractivity contribution in [3.8, 4) is 0 Å². The lowest BCUT2D eigenvalue weighted by molar-refractivity contribution is -0.143. The maximum Gasteiger partial charge on any atom is 0.318 e. The summed E-state index contributed by atoms with van der Waals surface area (Å²) in [7, 11) is 0. The minimum Gasteiger partial charge on any atom is -0.378 e. The number of nitrogens with zero attached hydrogens (tertiary/aromatic N) is 1. The third-order valence-electron chi connectivity index (χ3n) is 5.75. The van der Waals surface area contributed by atoms with E-state index in [1.165, 1.54) is 0 Å². The second-order valence-electron chi connectivity index (χ2n) is 8.97. The smallest absolute Gasteiger partial charge is 0.318 e. The Bertz CT molecular complexity index is 612. The molecule has 32 heavy (non-hydrogen) atoms. The fourth-order valence-corrected chi connectivity index (χ4v) is 3.56. The van der Waals surface area contributed by atoms with Crippen LogP contribution in [0.1, 0.15) is 78.6 Å². The van der Waals surface area contributed by atoms with Gasteiger partial charge in [0.05, 0.1) is 13.2 Å². The van der Waals surface area contributed by atoms with Crippen molar-refractivity contribution in [2.24, 2.45) is 11.7 Å². The van der Waals surface area contributed by atoms with E-state index in [4.69, 9.17) is 10.5 Å². The van der Waals surface area contributed by atoms with E-state index in [1.807, 2.05) is 6.92 Å². The average molecular weight is 455 g/mol. The highest BCUT2D eigenvalue weighted by Gasteiger charge is 2.43. The first-order chi connectivity index (χ1) is 15.3. The van der Waals surface area contributed by atoms with E-state index in [0.717, 1.165) is 38.6 Å². The van der Waals surface area contributed by atoms with Gasteiger partial charge in [0, 0.05) is 19.5 Å². The van der Waals surface area contributed by atoms with Crippen LogP contribution in [-0.2, 0) is 19.1 Å². The van der Waals surface area contributed by atoms with Crippen molar-refractivity contribution < 1.29 is 23.9 Å². The quantitative estimate of drug-likeness (QED) is 0.380. The first kappa shape index (κ1) is 28.0. The van der Waals surface area contributed by atoms with Crippen molar-refractivity contribution in [3.05, 3.63) is 0 Å². The number of Topliss-reactive ketones (excluding diaryl/α,β-unsaturated/α-hetero) is 1. The largest absolute Gasteiger partial charge is 0.378 e. The van der Waals surface area contributed by atoms with E-state index in [2.05, 4.69) is 24.5 Å². The molecule has 0 spiro atoms. The Kier molecular flexibility index (Phi) is 13.1. The van der Waals surface area contributed by atoms with Crippen LogP contribution in [0, 0.1) is 5.92 Å². The third-order valence-corrected chi connectivity index (χ3v) is 5.75. The number of hydrogen-bond donors (Lipinski definition) is 3. The number of ether oxygens (including phenoxy) is 1. The Morgan fingerprint density at radius 3 is 2.16 bits per heavy atom. The summed E-state index contributed by atoms with van der Waals surface area (Å²) in [6, 6.07) is -0.322. The molecule has 0 aromatic carbocycles. The Labute approximate surface area is 192 Å². The maximum atomic E-state index is 12.8. The molecule has 184 valence electrons. The Balaban J connectivity index is 0.000000920. The number of morpholine rings is 1. The van der Waals surface area contributed by atoms with Gasteiger partial charge in [-0.3, -0.25) is 19.7 Å². The van der Waals surface area contributed by atoms with Crippen molar-refractivity contribution in [2.45, 2.75) is 84.1 Å². The van der Waals surface area contributed by atoms with E-state index in [0.29, 0.717) is 51.5 Å². The topological polar surface area (TPSA) is 131 Å². The number of carbonyl (C=O) groups is 4. The molecule has 9 nitrogen and oxygen atoms in total. The fourth-order valence-electron chi connectivity index (χ4n) is 3.56. The Morgan fingerprint density at radius 1 is 1.03 bits per heavy atom. The van der Waals surface area contributed by atoms with Crippen LogP contribution >= 0.6 is 0 Å². The number of urea groups is 1. The van der Waals surface area contributed by atoms with Gasteiger partial charge in [0.25, 0.3) is 11.8 Å². The van der Waals surface area contributed by atoms with E-state index < -0.39 is 23.1 Å². The molecule has 1 saturated heterocycles. The number of carbonyl (C=O) groups excluding carboxylic acids is 4. The summed E-state index contributed by atoms with van der Waals surface area (Å²) in [5.74, 6) is -1.36. The number of ketones is 1. The average Bonchev–Trinajstić information content (AvgIpc) is 2.80. The molecular formula is C23H42N4O5. The van der Waals surface area contributed by atoms with E-state index in [1.54, 1.807) is 4.90 Å². The number of rotatable bonds is 8. The highest BCUT2D eigenvalue weighted by molar-refractivity contribution is 6.39. The molecule has 1 saturated carbocycles. The lowest BCUT2D eigenvalue weighted by Crippen LogP contribution is -2.63. The molecule has 0 atom stereocenters. The zero-order valence-electron chi connectivity index (χ0n) is 20.0. The summed E-state index contributed by atoms with van der Waals surface area (Å²) in [6.45, 7) is 8.89. The summed E-state index contributed by atoms with van der Waals surface area (Å²) < 4.78 is 5.25. The van der Waals surface area contributed by atoms with Gasteiger partial charge in [-0.25, -0.2) is 4.79 Å². The van der Waals surface area contributed by atoms with Crippen molar-refractivity contribution in [1.29, 1.82) is 0 Å². The number of imide groups is 1. The zero-order valence-corrected chi connectivity index (χ0v) is 20.0. The molecule has 4 N–H and O–H groups in total. The lowest BCUT2D eigenvalue weighted by atomic mass is 9.81. The van der Waals surface area contributed by atoms with Crippen molar-refractivity contribution >= 4 is 23.6 Å². The van der Waals surface area contributed by atoms with Gasteiger partial charge in [0.1, 0.15) is 5.54 Å². The molecule has 1 aliphatic heterocycles. The van der Waals surface area contributed by atoms with Crippen LogP contribution in [0.3, 0.4) is 0 Å². The summed E-state index contributed by atoms with van der Waals surface area (Å²) in [5.41, 5.74) is 4.04. The van der Waals surface area contributed by atoms with Crippen LogP contribution in [0.25, 0.3) is 0 Å². The molecule has 2 rings (SSSR count). The van der Waals surface area contributed by atoms with Gasteiger partial charge < -0.3 is 20.7 Å². The Morgan fingerprint density at radius 2 is 1.62 bits per heavy atom. The predicted octanol–water partition coefficient (Wildman–Crippen LogP) is 2.12. The van der Waals surface area contributed by atoms with Crippen molar-refractivity contribution in [3.63, 3.8) is 0 Å². The SMILES string of the molecule is CC(C)CN.CCCCCC(=O)C(=O)NC(=O)C1(NC(=O)N2CCOCC2)CCCCC1. The van der Waals surface area contributed by atoms with Crippen LogP contribution in [0.15, 0.2) is 0 Å². The molecule has 0 aromatic heterocycles. The standard InChI is InChI=1S/C19H31N3O5.C4H11N/c1-2-3-5-8-15(23)16(24)20-17(25)19(9-6-4-7-10-19)21-18(26)22-11-13-27-14-12-22;1-4(2)3-5/h2-14H2,1H3,(H,21,26)(H,20,24,25);4H,3,5H2,1-2H3. The molecule has 2 fully saturated rings. The van der Waals surface area contributed by atoms with Gasteiger partial charge >= 0.3 is 6.03 Å². The number of nitrogens with one attached hydrogen (secondary N) is 2. The molecule has 0 bridgehead atoms. The van der Waals surface area contributed by atoms with Crippen molar-refractivity contribution in [2.75, 3.05) is 32.8 Å². The van der Waals surface area contributed by atoms with Gasteiger partial charge in [-0.15, -0.1) is 0 Å². The lowest BCUT2D eigenvalue weighted by Gasteiger charge is -2.38. The second-order valence-corrected chi connectivity index (χ2v) is 8.97.